The average Bonchev–Trinajstić information content (AvgIpc) is 2.68. The molecule has 0 radical (unpaired) electrons. The van der Waals surface area contributed by atoms with Gasteiger partial charge in [0, 0.05) is 56.9 Å². The molecule has 1 atom stereocenters. The van der Waals surface area contributed by atoms with E-state index < -0.39 is 0 Å². The molecular weight excluding hydrogens is 332 g/mol. The van der Waals surface area contributed by atoms with Crippen LogP contribution in [0.3, 0.4) is 0 Å². The van der Waals surface area contributed by atoms with Crippen LogP contribution >= 0.6 is 0 Å². The Balaban J connectivity index is 1.54. The Labute approximate surface area is 151 Å². The summed E-state index contributed by atoms with van der Waals surface area (Å²) in [4.78, 5) is 41.7. The van der Waals surface area contributed by atoms with Crippen LogP contribution < -0.4 is 5.32 Å². The first kappa shape index (κ1) is 16.6. The Kier molecular flexibility index (Phi) is 4.34. The maximum atomic E-state index is 12.9. The fourth-order valence-corrected chi connectivity index (χ4v) is 3.44. The second-order valence-corrected chi connectivity index (χ2v) is 6.53. The van der Waals surface area contributed by atoms with E-state index in [2.05, 4.69) is 25.2 Å². The van der Waals surface area contributed by atoms with Gasteiger partial charge in [-0.15, -0.1) is 0 Å². The minimum atomic E-state index is -0.266. The Morgan fingerprint density at radius 3 is 2.92 bits per heavy atom. The van der Waals surface area contributed by atoms with Crippen molar-refractivity contribution in [3.05, 3.63) is 42.0 Å². The number of aromatic nitrogens is 3. The van der Waals surface area contributed by atoms with Crippen LogP contribution in [0.5, 0.6) is 0 Å². The summed E-state index contributed by atoms with van der Waals surface area (Å²) in [6, 6.07) is 3.43. The zero-order valence-electron chi connectivity index (χ0n) is 14.6. The number of piperazine rings is 2. The third-order valence-electron chi connectivity index (χ3n) is 4.91. The molecule has 2 aliphatic heterocycles. The van der Waals surface area contributed by atoms with Crippen molar-refractivity contribution in [2.24, 2.45) is 0 Å². The molecule has 0 bridgehead atoms. The molecule has 1 N–H and O–H groups in total. The summed E-state index contributed by atoms with van der Waals surface area (Å²) >= 11 is 0. The Morgan fingerprint density at radius 1 is 1.27 bits per heavy atom. The minimum absolute atomic E-state index is 0.00588. The maximum absolute atomic E-state index is 12.9. The van der Waals surface area contributed by atoms with Crippen LogP contribution in [-0.4, -0.2) is 75.3 Å². The van der Waals surface area contributed by atoms with Crippen LogP contribution in [0.2, 0.25) is 0 Å². The highest BCUT2D eigenvalue weighted by Crippen LogP contribution is 2.18. The van der Waals surface area contributed by atoms with Crippen molar-refractivity contribution in [3.8, 4) is 11.4 Å². The zero-order valence-corrected chi connectivity index (χ0v) is 14.6. The van der Waals surface area contributed by atoms with Gasteiger partial charge in [-0.05, 0) is 19.1 Å². The van der Waals surface area contributed by atoms with Crippen LogP contribution in [0, 0.1) is 6.92 Å². The van der Waals surface area contributed by atoms with Crippen molar-refractivity contribution in [2.75, 3.05) is 32.7 Å². The van der Waals surface area contributed by atoms with Crippen molar-refractivity contribution >= 4 is 11.8 Å². The van der Waals surface area contributed by atoms with Gasteiger partial charge in [-0.25, -0.2) is 9.97 Å². The smallest absolute Gasteiger partial charge is 0.257 e. The van der Waals surface area contributed by atoms with Gasteiger partial charge >= 0.3 is 0 Å². The molecule has 0 aliphatic carbocycles. The standard InChI is InChI=1S/C18H20N6O2/c1-12-14(10-21-16(22-12)13-3-2-4-19-9-13)18(26)24-8-7-23-6-5-20-17(25)15(23)11-24/h2-4,9-10,15H,5-8,11H2,1H3,(H,20,25)/t15-/m0/s1. The molecule has 0 aromatic carbocycles. The van der Waals surface area contributed by atoms with Crippen molar-refractivity contribution in [1.82, 2.24) is 30.1 Å². The van der Waals surface area contributed by atoms with Crippen molar-refractivity contribution in [1.29, 1.82) is 0 Å². The third kappa shape index (κ3) is 3.03. The second kappa shape index (κ2) is 6.80. The highest BCUT2D eigenvalue weighted by Gasteiger charge is 2.36. The van der Waals surface area contributed by atoms with E-state index in [0.717, 1.165) is 12.1 Å². The molecule has 2 aromatic rings. The SMILES string of the molecule is Cc1nc(-c2cccnc2)ncc1C(=O)N1CCN2CCNC(=O)[C@@H]2C1. The van der Waals surface area contributed by atoms with E-state index in [1.807, 2.05) is 12.1 Å². The molecule has 4 rings (SSSR count). The molecular formula is C18H20N6O2. The zero-order chi connectivity index (χ0) is 18.1. The van der Waals surface area contributed by atoms with E-state index in [4.69, 9.17) is 0 Å². The van der Waals surface area contributed by atoms with Gasteiger partial charge in [-0.2, -0.15) is 0 Å². The summed E-state index contributed by atoms with van der Waals surface area (Å²) in [5.74, 6) is 0.413. The molecule has 2 saturated heterocycles. The molecule has 2 aliphatic rings. The highest BCUT2D eigenvalue weighted by atomic mass is 16.2. The molecule has 0 spiro atoms. The van der Waals surface area contributed by atoms with E-state index in [1.165, 1.54) is 0 Å². The fourth-order valence-electron chi connectivity index (χ4n) is 3.44. The predicted molar refractivity (Wildman–Crippen MR) is 94.3 cm³/mol. The number of rotatable bonds is 2. The first-order valence-corrected chi connectivity index (χ1v) is 8.68. The largest absolute Gasteiger partial charge is 0.353 e. The lowest BCUT2D eigenvalue weighted by Gasteiger charge is -2.43. The Morgan fingerprint density at radius 2 is 2.15 bits per heavy atom. The molecule has 2 amide bonds. The quantitative estimate of drug-likeness (QED) is 0.824. The number of nitrogens with one attached hydrogen (secondary N) is 1. The van der Waals surface area contributed by atoms with Crippen molar-refractivity contribution < 1.29 is 9.59 Å². The van der Waals surface area contributed by atoms with Crippen LogP contribution in [-0.2, 0) is 4.79 Å². The molecule has 2 aromatic heterocycles. The lowest BCUT2D eigenvalue weighted by Crippen LogP contribution is -2.64. The van der Waals surface area contributed by atoms with Gasteiger partial charge in [0.15, 0.2) is 5.82 Å². The highest BCUT2D eigenvalue weighted by molar-refractivity contribution is 5.96. The van der Waals surface area contributed by atoms with Gasteiger partial charge in [0.05, 0.1) is 11.3 Å². The summed E-state index contributed by atoms with van der Waals surface area (Å²) in [7, 11) is 0. The molecule has 4 heterocycles. The number of fused-ring (bicyclic) bond motifs is 1. The first-order chi connectivity index (χ1) is 12.6. The van der Waals surface area contributed by atoms with Gasteiger partial charge in [0.25, 0.3) is 5.91 Å². The molecule has 8 nitrogen and oxygen atoms in total. The van der Waals surface area contributed by atoms with Crippen LogP contribution in [0.25, 0.3) is 11.4 Å². The van der Waals surface area contributed by atoms with Gasteiger partial charge in [-0.3, -0.25) is 19.5 Å². The third-order valence-corrected chi connectivity index (χ3v) is 4.91. The number of aryl methyl sites for hydroxylation is 1. The van der Waals surface area contributed by atoms with Crippen LogP contribution in [0.15, 0.2) is 30.7 Å². The Hall–Kier alpha value is -2.87. The number of amides is 2. The van der Waals surface area contributed by atoms with Gasteiger partial charge < -0.3 is 10.2 Å². The van der Waals surface area contributed by atoms with E-state index in [1.54, 1.807) is 30.4 Å². The normalized spacial score (nSPS) is 20.4. The Bertz CT molecular complexity index is 841. The first-order valence-electron chi connectivity index (χ1n) is 8.68. The lowest BCUT2D eigenvalue weighted by atomic mass is 10.1. The van der Waals surface area contributed by atoms with E-state index >= 15 is 0 Å². The fraction of sp³-hybridized carbons (Fsp3) is 0.389. The van der Waals surface area contributed by atoms with Gasteiger partial charge in [0.1, 0.15) is 6.04 Å². The molecule has 0 saturated carbocycles. The van der Waals surface area contributed by atoms with Crippen molar-refractivity contribution in [2.45, 2.75) is 13.0 Å². The monoisotopic (exact) mass is 352 g/mol. The predicted octanol–water partition coefficient (Wildman–Crippen LogP) is 0.103. The number of nitrogens with zero attached hydrogens (tertiary/aromatic N) is 5. The minimum Gasteiger partial charge on any atom is -0.353 e. The number of carbonyl (C=O) groups is 2. The van der Waals surface area contributed by atoms with E-state index in [9.17, 15) is 9.59 Å². The topological polar surface area (TPSA) is 91.3 Å². The molecule has 8 heteroatoms. The van der Waals surface area contributed by atoms with Gasteiger partial charge in [0.2, 0.25) is 5.91 Å². The number of hydrogen-bond acceptors (Lipinski definition) is 6. The number of pyridine rings is 1. The summed E-state index contributed by atoms with van der Waals surface area (Å²) in [5, 5.41) is 2.87. The average molecular weight is 352 g/mol. The number of hydrogen-bond donors (Lipinski definition) is 1. The molecule has 26 heavy (non-hydrogen) atoms. The maximum Gasteiger partial charge on any atom is 0.257 e. The number of carbonyl (C=O) groups excluding carboxylic acids is 2. The van der Waals surface area contributed by atoms with E-state index in [-0.39, 0.29) is 17.9 Å². The van der Waals surface area contributed by atoms with E-state index in [0.29, 0.717) is 43.3 Å². The van der Waals surface area contributed by atoms with Crippen LogP contribution in [0.1, 0.15) is 16.1 Å². The summed E-state index contributed by atoms with van der Waals surface area (Å²) < 4.78 is 0. The molecule has 2 fully saturated rings. The second-order valence-electron chi connectivity index (χ2n) is 6.53. The van der Waals surface area contributed by atoms with Crippen molar-refractivity contribution in [3.63, 3.8) is 0 Å². The van der Waals surface area contributed by atoms with Gasteiger partial charge in [-0.1, -0.05) is 0 Å². The summed E-state index contributed by atoms with van der Waals surface area (Å²) in [6.45, 7) is 5.02. The van der Waals surface area contributed by atoms with Crippen LogP contribution in [0.4, 0.5) is 0 Å². The molecule has 134 valence electrons. The summed E-state index contributed by atoms with van der Waals surface area (Å²) in [5.41, 5.74) is 1.91. The molecule has 0 unspecified atom stereocenters. The lowest BCUT2D eigenvalue weighted by molar-refractivity contribution is -0.131. The summed E-state index contributed by atoms with van der Waals surface area (Å²) in [6.07, 6.45) is 4.95.